The van der Waals surface area contributed by atoms with Gasteiger partial charge in [0.05, 0.1) is 11.8 Å². The summed E-state index contributed by atoms with van der Waals surface area (Å²) in [6.07, 6.45) is 7.65. The molecule has 0 amide bonds. The Morgan fingerprint density at radius 2 is 2.07 bits per heavy atom. The Balaban J connectivity index is 1.79. The molecule has 2 unspecified atom stereocenters. The SMILES string of the molecule is CC/C=C(\CCC)C1=CC(C)=NN2C1=NC(C)C2c1sc2ccc(F)cc2c1C. The van der Waals surface area contributed by atoms with E-state index in [0.717, 1.165) is 46.5 Å². The minimum Gasteiger partial charge on any atom is -0.261 e. The topological polar surface area (TPSA) is 28.0 Å². The fourth-order valence-electron chi connectivity index (χ4n) is 4.36. The molecule has 0 saturated heterocycles. The van der Waals surface area contributed by atoms with Crippen LogP contribution < -0.4 is 0 Å². The zero-order valence-electron chi connectivity index (χ0n) is 17.8. The van der Waals surface area contributed by atoms with Crippen LogP contribution in [0.1, 0.15) is 63.4 Å². The van der Waals surface area contributed by atoms with Gasteiger partial charge in [0.25, 0.3) is 0 Å². The molecule has 3 nitrogen and oxygen atoms in total. The number of aliphatic imine (C=N–C) groups is 1. The number of fused-ring (bicyclic) bond motifs is 2. The Bertz CT molecular complexity index is 1070. The first-order valence-corrected chi connectivity index (χ1v) is 11.3. The van der Waals surface area contributed by atoms with Gasteiger partial charge >= 0.3 is 0 Å². The molecule has 0 aliphatic carbocycles. The lowest BCUT2D eigenvalue weighted by Gasteiger charge is -2.29. The highest BCUT2D eigenvalue weighted by Crippen LogP contribution is 2.44. The third-order valence-electron chi connectivity index (χ3n) is 5.64. The molecule has 0 bridgehead atoms. The Morgan fingerprint density at radius 1 is 1.28 bits per heavy atom. The van der Waals surface area contributed by atoms with Crippen molar-refractivity contribution in [3.8, 4) is 0 Å². The van der Waals surface area contributed by atoms with Gasteiger partial charge in [0.1, 0.15) is 11.9 Å². The summed E-state index contributed by atoms with van der Waals surface area (Å²) in [4.78, 5) is 6.29. The van der Waals surface area contributed by atoms with Gasteiger partial charge in [-0.05, 0) is 74.4 Å². The zero-order chi connectivity index (χ0) is 20.7. The van der Waals surface area contributed by atoms with E-state index in [1.807, 2.05) is 6.07 Å². The van der Waals surface area contributed by atoms with Crippen LogP contribution in [0.3, 0.4) is 0 Å². The van der Waals surface area contributed by atoms with Crippen molar-refractivity contribution in [2.75, 3.05) is 0 Å². The Morgan fingerprint density at radius 3 is 2.79 bits per heavy atom. The fraction of sp³-hybridized carbons (Fsp3) is 0.417. The molecule has 1 aromatic heterocycles. The number of benzene rings is 1. The number of nitrogens with zero attached hydrogens (tertiary/aromatic N) is 3. The highest BCUT2D eigenvalue weighted by Gasteiger charge is 2.40. The lowest BCUT2D eigenvalue weighted by atomic mass is 9.96. The summed E-state index contributed by atoms with van der Waals surface area (Å²) in [5, 5.41) is 7.99. The smallest absolute Gasteiger partial charge is 0.152 e. The predicted molar refractivity (Wildman–Crippen MR) is 122 cm³/mol. The van der Waals surface area contributed by atoms with Gasteiger partial charge in [-0.1, -0.05) is 26.3 Å². The number of amidine groups is 1. The predicted octanol–water partition coefficient (Wildman–Crippen LogP) is 6.94. The van der Waals surface area contributed by atoms with Gasteiger partial charge in [-0.25, -0.2) is 9.40 Å². The number of rotatable bonds is 5. The minimum atomic E-state index is -0.188. The van der Waals surface area contributed by atoms with Gasteiger partial charge in [-0.2, -0.15) is 5.10 Å². The molecule has 2 atom stereocenters. The molecule has 2 aliphatic heterocycles. The first-order chi connectivity index (χ1) is 13.9. The summed E-state index contributed by atoms with van der Waals surface area (Å²) in [6.45, 7) is 10.7. The monoisotopic (exact) mass is 409 g/mol. The Labute approximate surface area is 176 Å². The minimum absolute atomic E-state index is 0.0496. The summed E-state index contributed by atoms with van der Waals surface area (Å²) < 4.78 is 14.9. The molecule has 0 radical (unpaired) electrons. The molecule has 152 valence electrons. The van der Waals surface area contributed by atoms with E-state index in [1.165, 1.54) is 16.0 Å². The summed E-state index contributed by atoms with van der Waals surface area (Å²) >= 11 is 1.74. The van der Waals surface area contributed by atoms with E-state index in [9.17, 15) is 4.39 Å². The van der Waals surface area contributed by atoms with Crippen molar-refractivity contribution in [2.24, 2.45) is 10.1 Å². The van der Waals surface area contributed by atoms with Crippen LogP contribution in [0.2, 0.25) is 0 Å². The van der Waals surface area contributed by atoms with Crippen LogP contribution in [0.25, 0.3) is 10.1 Å². The van der Waals surface area contributed by atoms with Crippen molar-refractivity contribution in [3.05, 3.63) is 57.8 Å². The number of hydrazone groups is 1. The van der Waals surface area contributed by atoms with Crippen LogP contribution in [0.4, 0.5) is 4.39 Å². The third-order valence-corrected chi connectivity index (χ3v) is 6.99. The molecular weight excluding hydrogens is 381 g/mol. The second kappa shape index (κ2) is 7.86. The lowest BCUT2D eigenvalue weighted by molar-refractivity contribution is 0.334. The number of hydrogen-bond acceptors (Lipinski definition) is 4. The van der Waals surface area contributed by atoms with Crippen LogP contribution in [-0.2, 0) is 0 Å². The Kier molecular flexibility index (Phi) is 5.43. The largest absolute Gasteiger partial charge is 0.261 e. The van der Waals surface area contributed by atoms with E-state index >= 15 is 0 Å². The molecule has 2 aliphatic rings. The van der Waals surface area contributed by atoms with Crippen molar-refractivity contribution in [1.82, 2.24) is 5.01 Å². The van der Waals surface area contributed by atoms with Crippen LogP contribution in [0.15, 0.2) is 51.6 Å². The van der Waals surface area contributed by atoms with Gasteiger partial charge in [0.2, 0.25) is 0 Å². The van der Waals surface area contributed by atoms with Gasteiger partial charge in [0, 0.05) is 15.2 Å². The molecule has 0 N–H and O–H groups in total. The van der Waals surface area contributed by atoms with Crippen molar-refractivity contribution < 1.29 is 4.39 Å². The van der Waals surface area contributed by atoms with Crippen molar-refractivity contribution in [3.63, 3.8) is 0 Å². The zero-order valence-corrected chi connectivity index (χ0v) is 18.6. The van der Waals surface area contributed by atoms with Crippen molar-refractivity contribution >= 4 is 33.0 Å². The maximum absolute atomic E-state index is 13.8. The lowest BCUT2D eigenvalue weighted by Crippen LogP contribution is -2.32. The molecule has 1 aromatic carbocycles. The third kappa shape index (κ3) is 3.46. The fourth-order valence-corrected chi connectivity index (χ4v) is 5.73. The molecular formula is C24H28FN3S. The second-order valence-electron chi connectivity index (χ2n) is 7.90. The summed E-state index contributed by atoms with van der Waals surface area (Å²) in [6, 6.07) is 5.20. The molecule has 0 fully saturated rings. The molecule has 2 aromatic rings. The van der Waals surface area contributed by atoms with Crippen LogP contribution >= 0.6 is 11.3 Å². The molecule has 4 rings (SSSR count). The molecule has 0 spiro atoms. The Hall–Kier alpha value is -2.27. The molecule has 29 heavy (non-hydrogen) atoms. The van der Waals surface area contributed by atoms with E-state index < -0.39 is 0 Å². The standard InChI is InChI=1S/C24H28FN3S/c1-6-8-17(9-7-2)20-12-14(3)27-28-22(16(5)26-24(20)28)23-15(4)19-13-18(25)10-11-21(19)29-23/h8,10-13,16,22H,6-7,9H2,1-5H3/b17-8+. The van der Waals surface area contributed by atoms with E-state index in [-0.39, 0.29) is 17.9 Å². The summed E-state index contributed by atoms with van der Waals surface area (Å²) in [7, 11) is 0. The van der Waals surface area contributed by atoms with E-state index in [0.29, 0.717) is 0 Å². The average molecular weight is 410 g/mol. The summed E-state index contributed by atoms with van der Waals surface area (Å²) in [5.74, 6) is 0.789. The number of halogens is 1. The van der Waals surface area contributed by atoms with Crippen LogP contribution in [0.5, 0.6) is 0 Å². The van der Waals surface area contributed by atoms with Crippen molar-refractivity contribution in [2.45, 2.75) is 66.0 Å². The average Bonchev–Trinajstić information content (AvgIpc) is 3.17. The molecule has 0 saturated carbocycles. The second-order valence-corrected chi connectivity index (χ2v) is 8.99. The van der Waals surface area contributed by atoms with Gasteiger partial charge in [0.15, 0.2) is 5.84 Å². The van der Waals surface area contributed by atoms with Gasteiger partial charge in [-0.15, -0.1) is 11.3 Å². The summed E-state index contributed by atoms with van der Waals surface area (Å²) in [5.41, 5.74) is 4.71. The quantitative estimate of drug-likeness (QED) is 0.525. The number of thiophene rings is 1. The number of allylic oxidation sites excluding steroid dienone is 2. The van der Waals surface area contributed by atoms with Crippen LogP contribution in [-0.4, -0.2) is 22.6 Å². The number of aryl methyl sites for hydroxylation is 1. The molecule has 5 heteroatoms. The van der Waals surface area contributed by atoms with Crippen molar-refractivity contribution in [1.29, 1.82) is 0 Å². The van der Waals surface area contributed by atoms with Crippen LogP contribution in [0, 0.1) is 12.7 Å². The first-order valence-electron chi connectivity index (χ1n) is 10.5. The highest BCUT2D eigenvalue weighted by atomic mass is 32.1. The van der Waals surface area contributed by atoms with E-state index in [2.05, 4.69) is 51.8 Å². The van der Waals surface area contributed by atoms with E-state index in [4.69, 9.17) is 10.1 Å². The molecule has 3 heterocycles. The van der Waals surface area contributed by atoms with Gasteiger partial charge < -0.3 is 0 Å². The normalized spacial score (nSPS) is 21.9. The number of hydrogen-bond donors (Lipinski definition) is 0. The van der Waals surface area contributed by atoms with E-state index in [1.54, 1.807) is 23.5 Å². The maximum Gasteiger partial charge on any atom is 0.152 e. The highest BCUT2D eigenvalue weighted by molar-refractivity contribution is 7.19. The maximum atomic E-state index is 13.8. The van der Waals surface area contributed by atoms with Gasteiger partial charge in [-0.3, -0.25) is 4.99 Å². The first kappa shape index (κ1) is 20.0.